The molecule has 0 saturated heterocycles. The third-order valence-electron chi connectivity index (χ3n) is 16.7. The maximum atomic E-state index is 12.6. The highest BCUT2D eigenvalue weighted by Gasteiger charge is 2.20. The van der Waals surface area contributed by atoms with Crippen LogP contribution in [0.3, 0.4) is 0 Å². The molecule has 0 aromatic rings. The van der Waals surface area contributed by atoms with Crippen LogP contribution in [-0.4, -0.2) is 47.4 Å². The molecule has 0 fully saturated rings. The number of amides is 1. The Labute approximate surface area is 488 Å². The SMILES string of the molecule is CCCCCC/C=C\CCCCCCCC(=O)OCCCCCCCCCCCCCC/C=C\CCCCCCCCCCC(=O)NC(CO)C(O)CCCCCCCCCCCCCCCCCCCCCCCCCC. The van der Waals surface area contributed by atoms with Gasteiger partial charge in [0, 0.05) is 12.8 Å². The lowest BCUT2D eigenvalue weighted by Gasteiger charge is -2.22. The maximum absolute atomic E-state index is 12.6. The molecule has 0 aliphatic carbocycles. The monoisotopic (exact) mass is 1100 g/mol. The van der Waals surface area contributed by atoms with Gasteiger partial charge in [0.15, 0.2) is 0 Å². The highest BCUT2D eigenvalue weighted by molar-refractivity contribution is 5.76. The van der Waals surface area contributed by atoms with Crippen LogP contribution in [0, 0.1) is 0 Å². The summed E-state index contributed by atoms with van der Waals surface area (Å²) in [6.07, 6.45) is 85.1. The Morgan fingerprint density at radius 2 is 0.603 bits per heavy atom. The summed E-state index contributed by atoms with van der Waals surface area (Å²) in [5, 5.41) is 23.4. The van der Waals surface area contributed by atoms with Crippen molar-refractivity contribution < 1.29 is 24.5 Å². The normalized spacial score (nSPS) is 12.6. The Morgan fingerprint density at radius 1 is 0.346 bits per heavy atom. The minimum absolute atomic E-state index is 0.00412. The predicted molar refractivity (Wildman–Crippen MR) is 343 cm³/mol. The first-order valence-electron chi connectivity index (χ1n) is 35.6. The van der Waals surface area contributed by atoms with Crippen LogP contribution in [-0.2, 0) is 14.3 Å². The van der Waals surface area contributed by atoms with Crippen molar-refractivity contribution in [2.24, 2.45) is 0 Å². The number of unbranched alkanes of at least 4 members (excludes halogenated alkanes) is 52. The highest BCUT2D eigenvalue weighted by Crippen LogP contribution is 2.19. The Kier molecular flexibility index (Phi) is 66.4. The van der Waals surface area contributed by atoms with E-state index in [0.29, 0.717) is 25.9 Å². The summed E-state index contributed by atoms with van der Waals surface area (Å²) in [6.45, 7) is 4.97. The van der Waals surface area contributed by atoms with Crippen molar-refractivity contribution in [3.8, 4) is 0 Å². The maximum Gasteiger partial charge on any atom is 0.305 e. The van der Waals surface area contributed by atoms with Gasteiger partial charge in [-0.1, -0.05) is 334 Å². The zero-order chi connectivity index (χ0) is 56.4. The standard InChI is InChI=1S/C72H139NO5/c1-3-5-7-9-11-13-15-17-18-19-20-21-22-25-28-31-34-37-41-44-48-52-56-60-64-70(75)69(68-74)73-71(76)65-61-57-53-49-45-42-38-35-32-29-26-23-24-27-30-33-36-39-43-47-51-55-59-63-67-78-72(77)66-62-58-54-50-46-40-16-14-12-10-8-6-4-2/h14,16,26,29,69-70,74-75H,3-13,15,17-25,27-28,30-68H2,1-2H3,(H,73,76)/b16-14-,29-26-. The van der Waals surface area contributed by atoms with Gasteiger partial charge in [0.1, 0.15) is 0 Å². The van der Waals surface area contributed by atoms with Crippen molar-refractivity contribution in [2.75, 3.05) is 13.2 Å². The first-order valence-corrected chi connectivity index (χ1v) is 35.6. The lowest BCUT2D eigenvalue weighted by Crippen LogP contribution is -2.45. The highest BCUT2D eigenvalue weighted by atomic mass is 16.5. The molecule has 0 aliphatic heterocycles. The molecule has 0 aliphatic rings. The van der Waals surface area contributed by atoms with Gasteiger partial charge in [0.2, 0.25) is 5.91 Å². The zero-order valence-corrected chi connectivity index (χ0v) is 52.9. The van der Waals surface area contributed by atoms with Gasteiger partial charge in [-0.05, 0) is 77.0 Å². The number of aliphatic hydroxyl groups is 2. The fourth-order valence-electron chi connectivity index (χ4n) is 11.3. The van der Waals surface area contributed by atoms with E-state index in [1.807, 2.05) is 0 Å². The van der Waals surface area contributed by atoms with Crippen LogP contribution in [0.4, 0.5) is 0 Å². The second kappa shape index (κ2) is 67.8. The largest absolute Gasteiger partial charge is 0.466 e. The average molecular weight is 1100 g/mol. The van der Waals surface area contributed by atoms with Gasteiger partial charge in [-0.2, -0.15) is 0 Å². The summed E-state index contributed by atoms with van der Waals surface area (Å²) in [5.41, 5.74) is 0. The number of allylic oxidation sites excluding steroid dienone is 4. The summed E-state index contributed by atoms with van der Waals surface area (Å²) >= 11 is 0. The van der Waals surface area contributed by atoms with Gasteiger partial charge in [0.05, 0.1) is 25.4 Å². The number of esters is 1. The Bertz CT molecular complexity index is 1220. The fourth-order valence-corrected chi connectivity index (χ4v) is 11.3. The summed E-state index contributed by atoms with van der Waals surface area (Å²) in [5.74, 6) is -0.0307. The minimum atomic E-state index is -0.669. The number of carbonyl (C=O) groups is 2. The number of carbonyl (C=O) groups excluding carboxylic acids is 2. The Balaban J connectivity index is 3.40. The second-order valence-corrected chi connectivity index (χ2v) is 24.6. The van der Waals surface area contributed by atoms with Crippen LogP contribution in [0.15, 0.2) is 24.3 Å². The molecular weight excluding hydrogens is 959 g/mol. The lowest BCUT2D eigenvalue weighted by atomic mass is 10.0. The number of hydrogen-bond acceptors (Lipinski definition) is 5. The molecule has 3 N–H and O–H groups in total. The summed E-state index contributed by atoms with van der Waals surface area (Å²) in [7, 11) is 0. The Hall–Kier alpha value is -1.66. The van der Waals surface area contributed by atoms with Crippen LogP contribution in [0.2, 0.25) is 0 Å². The quantitative estimate of drug-likeness (QED) is 0.0320. The van der Waals surface area contributed by atoms with E-state index in [-0.39, 0.29) is 18.5 Å². The third kappa shape index (κ3) is 63.5. The van der Waals surface area contributed by atoms with E-state index < -0.39 is 12.1 Å². The number of rotatable bonds is 67. The lowest BCUT2D eigenvalue weighted by molar-refractivity contribution is -0.143. The predicted octanol–water partition coefficient (Wildman–Crippen LogP) is 22.9. The molecule has 0 bridgehead atoms. The van der Waals surface area contributed by atoms with Crippen LogP contribution in [0.1, 0.15) is 399 Å². The van der Waals surface area contributed by atoms with E-state index in [0.717, 1.165) is 44.9 Å². The van der Waals surface area contributed by atoms with Crippen LogP contribution >= 0.6 is 0 Å². The van der Waals surface area contributed by atoms with E-state index in [1.165, 1.54) is 321 Å². The van der Waals surface area contributed by atoms with Gasteiger partial charge in [-0.15, -0.1) is 0 Å². The second-order valence-electron chi connectivity index (χ2n) is 24.6. The molecule has 0 aromatic carbocycles. The first kappa shape index (κ1) is 76.3. The molecule has 0 rings (SSSR count). The molecule has 6 heteroatoms. The van der Waals surface area contributed by atoms with Crippen molar-refractivity contribution in [1.29, 1.82) is 0 Å². The summed E-state index contributed by atoms with van der Waals surface area (Å²) in [4.78, 5) is 24.6. The van der Waals surface area contributed by atoms with Crippen molar-refractivity contribution in [3.05, 3.63) is 24.3 Å². The molecule has 2 atom stereocenters. The van der Waals surface area contributed by atoms with Crippen molar-refractivity contribution >= 4 is 11.9 Å². The molecule has 0 radical (unpaired) electrons. The number of nitrogens with one attached hydrogen (secondary N) is 1. The van der Waals surface area contributed by atoms with Gasteiger partial charge >= 0.3 is 5.97 Å². The van der Waals surface area contributed by atoms with Crippen LogP contribution in [0.5, 0.6) is 0 Å². The van der Waals surface area contributed by atoms with E-state index in [1.54, 1.807) is 0 Å². The molecule has 0 spiro atoms. The number of aliphatic hydroxyl groups excluding tert-OH is 2. The zero-order valence-electron chi connectivity index (χ0n) is 52.9. The molecule has 6 nitrogen and oxygen atoms in total. The van der Waals surface area contributed by atoms with E-state index in [9.17, 15) is 19.8 Å². The molecule has 78 heavy (non-hydrogen) atoms. The van der Waals surface area contributed by atoms with E-state index in [2.05, 4.69) is 43.5 Å². The summed E-state index contributed by atoms with van der Waals surface area (Å²) in [6, 6.07) is -0.546. The van der Waals surface area contributed by atoms with Gasteiger partial charge in [-0.25, -0.2) is 0 Å². The molecule has 0 heterocycles. The van der Waals surface area contributed by atoms with E-state index in [4.69, 9.17) is 4.74 Å². The first-order chi connectivity index (χ1) is 38.5. The minimum Gasteiger partial charge on any atom is -0.466 e. The summed E-state index contributed by atoms with van der Waals surface area (Å²) < 4.78 is 5.48. The average Bonchev–Trinajstić information content (AvgIpc) is 3.44. The topological polar surface area (TPSA) is 95.9 Å². The van der Waals surface area contributed by atoms with Crippen LogP contribution < -0.4 is 5.32 Å². The molecule has 0 aromatic heterocycles. The molecule has 2 unspecified atom stereocenters. The third-order valence-corrected chi connectivity index (χ3v) is 16.7. The van der Waals surface area contributed by atoms with E-state index >= 15 is 0 Å². The molecule has 0 saturated carbocycles. The fraction of sp³-hybridized carbons (Fsp3) is 0.917. The molecule has 462 valence electrons. The van der Waals surface area contributed by atoms with Crippen molar-refractivity contribution in [2.45, 2.75) is 411 Å². The molecule has 1 amide bonds. The number of ether oxygens (including phenoxy) is 1. The van der Waals surface area contributed by atoms with Crippen LogP contribution in [0.25, 0.3) is 0 Å². The smallest absolute Gasteiger partial charge is 0.305 e. The number of hydrogen-bond donors (Lipinski definition) is 3. The Morgan fingerprint density at radius 3 is 0.923 bits per heavy atom. The van der Waals surface area contributed by atoms with Crippen molar-refractivity contribution in [3.63, 3.8) is 0 Å². The van der Waals surface area contributed by atoms with Gasteiger partial charge in [-0.3, -0.25) is 9.59 Å². The van der Waals surface area contributed by atoms with Gasteiger partial charge < -0.3 is 20.3 Å². The molecular formula is C72H139NO5. The van der Waals surface area contributed by atoms with Gasteiger partial charge in [0.25, 0.3) is 0 Å². The van der Waals surface area contributed by atoms with Crippen molar-refractivity contribution in [1.82, 2.24) is 5.32 Å².